The summed E-state index contributed by atoms with van der Waals surface area (Å²) in [6.07, 6.45) is 7.14. The molecule has 1 rings (SSSR count). The Morgan fingerprint density at radius 1 is 1.50 bits per heavy atom. The quantitative estimate of drug-likeness (QED) is 0.494. The first-order valence-electron chi connectivity index (χ1n) is 5.83. The first-order chi connectivity index (χ1) is 6.83. The van der Waals surface area contributed by atoms with Crippen molar-refractivity contribution < 1.29 is 0 Å². The Kier molecular flexibility index (Phi) is 5.88. The van der Waals surface area contributed by atoms with Gasteiger partial charge in [-0.05, 0) is 64.8 Å². The Bertz CT molecular complexity index is 150. The Hall–Kier alpha value is -0.340. The smallest absolute Gasteiger partial charge is 0.00187 e. The average Bonchev–Trinajstić information content (AvgIpc) is 2.68. The molecular formula is C12H24N2. The van der Waals surface area contributed by atoms with Gasteiger partial charge >= 0.3 is 0 Å². The van der Waals surface area contributed by atoms with E-state index in [-0.39, 0.29) is 0 Å². The van der Waals surface area contributed by atoms with Crippen LogP contribution in [0.5, 0.6) is 0 Å². The maximum absolute atomic E-state index is 3.74. The van der Waals surface area contributed by atoms with E-state index in [0.29, 0.717) is 0 Å². The van der Waals surface area contributed by atoms with E-state index in [1.165, 1.54) is 45.4 Å². The third-order valence-corrected chi connectivity index (χ3v) is 3.03. The highest BCUT2D eigenvalue weighted by Crippen LogP contribution is 2.12. The maximum Gasteiger partial charge on any atom is -0.00187 e. The van der Waals surface area contributed by atoms with Crippen LogP contribution in [0.2, 0.25) is 0 Å². The van der Waals surface area contributed by atoms with Crippen molar-refractivity contribution in [3.63, 3.8) is 0 Å². The van der Waals surface area contributed by atoms with Crippen molar-refractivity contribution in [1.29, 1.82) is 0 Å². The van der Waals surface area contributed by atoms with Crippen molar-refractivity contribution in [3.05, 3.63) is 12.7 Å². The first-order valence-corrected chi connectivity index (χ1v) is 5.83. The van der Waals surface area contributed by atoms with E-state index in [2.05, 4.69) is 23.8 Å². The topological polar surface area (TPSA) is 15.3 Å². The molecule has 0 aromatic rings. The minimum Gasteiger partial charge on any atom is -0.316 e. The van der Waals surface area contributed by atoms with Crippen LogP contribution in [0.1, 0.15) is 25.7 Å². The van der Waals surface area contributed by atoms with Gasteiger partial charge < -0.3 is 10.2 Å². The van der Waals surface area contributed by atoms with E-state index in [9.17, 15) is 0 Å². The molecule has 1 N–H and O–H groups in total. The highest BCUT2D eigenvalue weighted by Gasteiger charge is 2.14. The molecule has 1 unspecified atom stereocenters. The number of allylic oxidation sites excluding steroid dienone is 1. The summed E-state index contributed by atoms with van der Waals surface area (Å²) in [6, 6.07) is 0. The van der Waals surface area contributed by atoms with Crippen molar-refractivity contribution in [2.75, 3.05) is 33.2 Å². The molecule has 0 aromatic carbocycles. The largest absolute Gasteiger partial charge is 0.316 e. The van der Waals surface area contributed by atoms with Gasteiger partial charge in [0.1, 0.15) is 0 Å². The van der Waals surface area contributed by atoms with Gasteiger partial charge in [-0.25, -0.2) is 0 Å². The second kappa shape index (κ2) is 7.02. The zero-order valence-electron chi connectivity index (χ0n) is 9.47. The lowest BCUT2D eigenvalue weighted by atomic mass is 10.1. The molecule has 0 spiro atoms. The molecule has 1 heterocycles. The predicted octanol–water partition coefficient (Wildman–Crippen LogP) is 1.88. The summed E-state index contributed by atoms with van der Waals surface area (Å²) in [7, 11) is 2.23. The van der Waals surface area contributed by atoms with E-state index < -0.39 is 0 Å². The van der Waals surface area contributed by atoms with Crippen molar-refractivity contribution in [2.45, 2.75) is 25.7 Å². The van der Waals surface area contributed by atoms with Gasteiger partial charge in [-0.3, -0.25) is 0 Å². The number of unbranched alkanes of at least 4 members (excludes halogenated alkanes) is 1. The summed E-state index contributed by atoms with van der Waals surface area (Å²) >= 11 is 0. The van der Waals surface area contributed by atoms with Gasteiger partial charge in [0.2, 0.25) is 0 Å². The van der Waals surface area contributed by atoms with Gasteiger partial charge in [-0.1, -0.05) is 6.08 Å². The second-order valence-electron chi connectivity index (χ2n) is 4.38. The van der Waals surface area contributed by atoms with Crippen LogP contribution in [0, 0.1) is 5.92 Å². The van der Waals surface area contributed by atoms with Crippen LogP contribution in [0.25, 0.3) is 0 Å². The van der Waals surface area contributed by atoms with Gasteiger partial charge in [0, 0.05) is 0 Å². The molecule has 1 aliphatic rings. The van der Waals surface area contributed by atoms with Crippen molar-refractivity contribution in [1.82, 2.24) is 10.2 Å². The maximum atomic E-state index is 3.74. The van der Waals surface area contributed by atoms with Gasteiger partial charge in [0.15, 0.2) is 0 Å². The van der Waals surface area contributed by atoms with E-state index >= 15 is 0 Å². The third kappa shape index (κ3) is 4.77. The van der Waals surface area contributed by atoms with Gasteiger partial charge in [-0.15, -0.1) is 6.58 Å². The van der Waals surface area contributed by atoms with Crippen LogP contribution in [0.15, 0.2) is 12.7 Å². The van der Waals surface area contributed by atoms with Crippen LogP contribution in [-0.2, 0) is 0 Å². The highest BCUT2D eigenvalue weighted by atomic mass is 15.1. The van der Waals surface area contributed by atoms with Gasteiger partial charge in [-0.2, -0.15) is 0 Å². The number of rotatable bonds is 7. The molecule has 2 nitrogen and oxygen atoms in total. The van der Waals surface area contributed by atoms with Crippen LogP contribution in [0.3, 0.4) is 0 Å². The number of hydrogen-bond donors (Lipinski definition) is 1. The SMILES string of the molecule is C=CCCCN(C)CCC1CCNC1. The minimum absolute atomic E-state index is 0.928. The predicted molar refractivity (Wildman–Crippen MR) is 62.5 cm³/mol. The fourth-order valence-electron chi connectivity index (χ4n) is 1.98. The van der Waals surface area contributed by atoms with Crippen LogP contribution in [-0.4, -0.2) is 38.1 Å². The third-order valence-electron chi connectivity index (χ3n) is 3.03. The molecule has 1 aliphatic heterocycles. The Morgan fingerprint density at radius 2 is 2.36 bits per heavy atom. The zero-order chi connectivity index (χ0) is 10.2. The number of nitrogens with one attached hydrogen (secondary N) is 1. The summed E-state index contributed by atoms with van der Waals surface area (Å²) in [4.78, 5) is 2.45. The Morgan fingerprint density at radius 3 is 3.00 bits per heavy atom. The zero-order valence-corrected chi connectivity index (χ0v) is 9.47. The van der Waals surface area contributed by atoms with Crippen LogP contribution in [0.4, 0.5) is 0 Å². The molecule has 0 bridgehead atoms. The Balaban J connectivity index is 1.96. The summed E-state index contributed by atoms with van der Waals surface area (Å²) in [5, 5.41) is 3.42. The molecule has 2 heteroatoms. The van der Waals surface area contributed by atoms with Gasteiger partial charge in [0.25, 0.3) is 0 Å². The number of hydrogen-bond acceptors (Lipinski definition) is 2. The molecule has 0 amide bonds. The highest BCUT2D eigenvalue weighted by molar-refractivity contribution is 4.72. The summed E-state index contributed by atoms with van der Waals surface area (Å²) in [5.74, 6) is 0.928. The monoisotopic (exact) mass is 196 g/mol. The molecule has 1 saturated heterocycles. The first kappa shape index (κ1) is 11.7. The average molecular weight is 196 g/mol. The second-order valence-corrected chi connectivity index (χ2v) is 4.38. The molecule has 1 atom stereocenters. The summed E-state index contributed by atoms with van der Waals surface area (Å²) in [5.41, 5.74) is 0. The molecule has 0 aromatic heterocycles. The molecule has 0 saturated carbocycles. The van der Waals surface area contributed by atoms with Crippen molar-refractivity contribution >= 4 is 0 Å². The van der Waals surface area contributed by atoms with Crippen molar-refractivity contribution in [2.24, 2.45) is 5.92 Å². The molecule has 82 valence electrons. The van der Waals surface area contributed by atoms with E-state index in [0.717, 1.165) is 12.3 Å². The van der Waals surface area contributed by atoms with Gasteiger partial charge in [0.05, 0.1) is 0 Å². The molecule has 0 aliphatic carbocycles. The Labute approximate surface area is 88.4 Å². The van der Waals surface area contributed by atoms with E-state index in [1.807, 2.05) is 6.08 Å². The molecule has 14 heavy (non-hydrogen) atoms. The van der Waals surface area contributed by atoms with Crippen LogP contribution >= 0.6 is 0 Å². The normalized spacial score (nSPS) is 21.7. The summed E-state index contributed by atoms with van der Waals surface area (Å²) in [6.45, 7) is 8.67. The minimum atomic E-state index is 0.928. The lowest BCUT2D eigenvalue weighted by Crippen LogP contribution is -2.23. The lowest BCUT2D eigenvalue weighted by Gasteiger charge is -2.18. The molecular weight excluding hydrogens is 172 g/mol. The fourth-order valence-corrected chi connectivity index (χ4v) is 1.98. The van der Waals surface area contributed by atoms with Crippen LogP contribution < -0.4 is 5.32 Å². The molecule has 1 fully saturated rings. The fraction of sp³-hybridized carbons (Fsp3) is 0.833. The standard InChI is InChI=1S/C12H24N2/c1-3-4-5-9-14(2)10-7-12-6-8-13-11-12/h3,12-13H,1,4-11H2,2H3. The van der Waals surface area contributed by atoms with E-state index in [4.69, 9.17) is 0 Å². The van der Waals surface area contributed by atoms with Crippen molar-refractivity contribution in [3.8, 4) is 0 Å². The molecule has 0 radical (unpaired) electrons. The number of nitrogens with zero attached hydrogens (tertiary/aromatic N) is 1. The van der Waals surface area contributed by atoms with E-state index in [1.54, 1.807) is 0 Å². The summed E-state index contributed by atoms with van der Waals surface area (Å²) < 4.78 is 0. The lowest BCUT2D eigenvalue weighted by molar-refractivity contribution is 0.302.